The Kier molecular flexibility index (Phi) is 6.38. The Morgan fingerprint density at radius 2 is 1.94 bits per heavy atom. The summed E-state index contributed by atoms with van der Waals surface area (Å²) in [7, 11) is -3.65. The van der Waals surface area contributed by atoms with E-state index in [1.165, 1.54) is 22.1 Å². The maximum absolute atomic E-state index is 13.1. The molecular weight excluding hydrogens is 438 g/mol. The highest BCUT2D eigenvalue weighted by atomic mass is 32.2. The molecule has 9 nitrogen and oxygen atoms in total. The molecule has 0 unspecified atom stereocenters. The highest BCUT2D eigenvalue weighted by molar-refractivity contribution is 8.00. The van der Waals surface area contributed by atoms with Crippen molar-refractivity contribution < 1.29 is 17.9 Å². The van der Waals surface area contributed by atoms with Gasteiger partial charge in [0, 0.05) is 24.8 Å². The van der Waals surface area contributed by atoms with Gasteiger partial charge in [-0.05, 0) is 51.3 Å². The smallest absolute Gasteiger partial charge is 0.243 e. The van der Waals surface area contributed by atoms with Crippen molar-refractivity contribution in [2.24, 2.45) is 0 Å². The van der Waals surface area contributed by atoms with Crippen molar-refractivity contribution in [3.05, 3.63) is 29.6 Å². The number of thioether (sulfide) groups is 1. The largest absolute Gasteiger partial charge is 0.379 e. The zero-order valence-corrected chi connectivity index (χ0v) is 19.5. The molecule has 1 N–H and O–H groups in total. The van der Waals surface area contributed by atoms with Crippen molar-refractivity contribution in [2.75, 3.05) is 31.6 Å². The molecule has 168 valence electrons. The SMILES string of the molecule is Cc1ccc(NC(=O)[C@@H](C)Sc2nnc(C)n2C2CC2)cc1S(=O)(=O)N1CCOCC1. The highest BCUT2D eigenvalue weighted by Gasteiger charge is 2.30. The molecular formula is C20H27N5O4S2. The number of amides is 1. The second kappa shape index (κ2) is 8.89. The van der Waals surface area contributed by atoms with E-state index in [9.17, 15) is 13.2 Å². The first-order valence-electron chi connectivity index (χ1n) is 10.3. The number of hydrogen-bond donors (Lipinski definition) is 1. The Morgan fingerprint density at radius 3 is 2.61 bits per heavy atom. The zero-order chi connectivity index (χ0) is 22.2. The van der Waals surface area contributed by atoms with Gasteiger partial charge < -0.3 is 14.6 Å². The van der Waals surface area contributed by atoms with Crippen LogP contribution in [0.15, 0.2) is 28.3 Å². The van der Waals surface area contributed by atoms with Crippen LogP contribution in [-0.2, 0) is 19.6 Å². The van der Waals surface area contributed by atoms with Gasteiger partial charge in [0.1, 0.15) is 5.82 Å². The summed E-state index contributed by atoms with van der Waals surface area (Å²) in [4.78, 5) is 13.0. The first kappa shape index (κ1) is 22.3. The number of ether oxygens (including phenoxy) is 1. The lowest BCUT2D eigenvalue weighted by Crippen LogP contribution is -2.40. The van der Waals surface area contributed by atoms with E-state index in [1.54, 1.807) is 26.0 Å². The standard InChI is InChI=1S/C20H27N5O4S2/c1-13-4-5-16(12-18(13)31(27,28)24-8-10-29-11-9-24)21-19(26)14(2)30-20-23-22-15(3)25(20)17-6-7-17/h4-5,12,14,17H,6-11H2,1-3H3,(H,21,26)/t14-/m1/s1. The minimum absolute atomic E-state index is 0.205. The molecule has 1 aromatic carbocycles. The second-order valence-corrected chi connectivity index (χ2v) is 11.1. The maximum Gasteiger partial charge on any atom is 0.243 e. The molecule has 31 heavy (non-hydrogen) atoms. The van der Waals surface area contributed by atoms with Gasteiger partial charge in [0.15, 0.2) is 5.16 Å². The summed E-state index contributed by atoms with van der Waals surface area (Å²) < 4.78 is 34.9. The molecule has 2 fully saturated rings. The molecule has 0 bridgehead atoms. The topological polar surface area (TPSA) is 106 Å². The number of carbonyl (C=O) groups excluding carboxylic acids is 1. The number of rotatable bonds is 7. The lowest BCUT2D eigenvalue weighted by Gasteiger charge is -2.27. The number of nitrogens with zero attached hydrogens (tertiary/aromatic N) is 4. The minimum Gasteiger partial charge on any atom is -0.379 e. The van der Waals surface area contributed by atoms with Crippen LogP contribution in [0.1, 0.15) is 37.2 Å². The van der Waals surface area contributed by atoms with Crippen molar-refractivity contribution in [3.63, 3.8) is 0 Å². The number of aryl methyl sites for hydroxylation is 2. The number of anilines is 1. The average molecular weight is 466 g/mol. The van der Waals surface area contributed by atoms with Crippen LogP contribution in [0.2, 0.25) is 0 Å². The van der Waals surface area contributed by atoms with Crippen LogP contribution in [0.25, 0.3) is 0 Å². The highest BCUT2D eigenvalue weighted by Crippen LogP contribution is 2.39. The van der Waals surface area contributed by atoms with Crippen LogP contribution in [0.4, 0.5) is 5.69 Å². The molecule has 1 amide bonds. The van der Waals surface area contributed by atoms with Gasteiger partial charge in [0.2, 0.25) is 15.9 Å². The van der Waals surface area contributed by atoms with E-state index in [-0.39, 0.29) is 10.8 Å². The van der Waals surface area contributed by atoms with Crippen LogP contribution >= 0.6 is 11.8 Å². The average Bonchev–Trinajstić information content (AvgIpc) is 3.52. The number of morpholine rings is 1. The van der Waals surface area contributed by atoms with Crippen molar-refractivity contribution in [3.8, 4) is 0 Å². The van der Waals surface area contributed by atoms with E-state index in [1.807, 2.05) is 6.92 Å². The minimum atomic E-state index is -3.65. The third kappa shape index (κ3) is 4.79. The van der Waals surface area contributed by atoms with Gasteiger partial charge in [0.05, 0.1) is 23.4 Å². The maximum atomic E-state index is 13.1. The van der Waals surface area contributed by atoms with Crippen molar-refractivity contribution in [1.29, 1.82) is 0 Å². The van der Waals surface area contributed by atoms with Crippen LogP contribution in [-0.4, -0.2) is 64.9 Å². The second-order valence-electron chi connectivity index (χ2n) is 7.88. The molecule has 1 atom stereocenters. The molecule has 2 aliphatic rings. The van der Waals surface area contributed by atoms with E-state index < -0.39 is 15.3 Å². The van der Waals surface area contributed by atoms with Crippen molar-refractivity contribution in [2.45, 2.75) is 55.0 Å². The van der Waals surface area contributed by atoms with Crippen LogP contribution in [0.3, 0.4) is 0 Å². The quantitative estimate of drug-likeness (QED) is 0.626. The fourth-order valence-corrected chi connectivity index (χ4v) is 6.14. The van der Waals surface area contributed by atoms with Crippen LogP contribution in [0.5, 0.6) is 0 Å². The third-order valence-corrected chi connectivity index (χ3v) is 8.54. The first-order chi connectivity index (χ1) is 14.8. The summed E-state index contributed by atoms with van der Waals surface area (Å²) in [5, 5.41) is 11.5. The Hall–Kier alpha value is -1.95. The van der Waals surface area contributed by atoms with E-state index in [4.69, 9.17) is 4.74 Å². The lowest BCUT2D eigenvalue weighted by molar-refractivity contribution is -0.115. The molecule has 11 heteroatoms. The van der Waals surface area contributed by atoms with E-state index in [2.05, 4.69) is 20.1 Å². The number of carbonyl (C=O) groups is 1. The van der Waals surface area contributed by atoms with Gasteiger partial charge in [-0.25, -0.2) is 8.42 Å². The predicted octanol–water partition coefficient (Wildman–Crippen LogP) is 2.37. The van der Waals surface area contributed by atoms with E-state index in [0.717, 1.165) is 23.8 Å². The van der Waals surface area contributed by atoms with Gasteiger partial charge >= 0.3 is 0 Å². The van der Waals surface area contributed by atoms with Crippen molar-refractivity contribution in [1.82, 2.24) is 19.1 Å². The number of sulfonamides is 1. The normalized spacial score (nSPS) is 18.7. The summed E-state index contributed by atoms with van der Waals surface area (Å²) in [6, 6.07) is 5.40. The summed E-state index contributed by atoms with van der Waals surface area (Å²) in [6.07, 6.45) is 2.22. The summed E-state index contributed by atoms with van der Waals surface area (Å²) in [6.45, 7) is 6.90. The van der Waals surface area contributed by atoms with Gasteiger partial charge in [0.25, 0.3) is 0 Å². The van der Waals surface area contributed by atoms with Crippen LogP contribution in [0, 0.1) is 13.8 Å². The molecule has 4 rings (SSSR count). The third-order valence-electron chi connectivity index (χ3n) is 5.44. The molecule has 1 saturated carbocycles. The van der Waals surface area contributed by atoms with Gasteiger partial charge in [-0.2, -0.15) is 4.31 Å². The Labute approximate surface area is 186 Å². The van der Waals surface area contributed by atoms with Gasteiger partial charge in [-0.1, -0.05) is 17.8 Å². The molecule has 1 saturated heterocycles. The number of nitrogens with one attached hydrogen (secondary N) is 1. The Morgan fingerprint density at radius 1 is 1.23 bits per heavy atom. The summed E-state index contributed by atoms with van der Waals surface area (Å²) in [5.74, 6) is 0.640. The van der Waals surface area contributed by atoms with Gasteiger partial charge in [-0.15, -0.1) is 10.2 Å². The molecule has 1 aliphatic carbocycles. The monoisotopic (exact) mass is 465 g/mol. The van der Waals surface area contributed by atoms with E-state index >= 15 is 0 Å². The van der Waals surface area contributed by atoms with E-state index in [0.29, 0.717) is 43.6 Å². The Balaban J connectivity index is 1.48. The molecule has 1 aliphatic heterocycles. The van der Waals surface area contributed by atoms with Crippen molar-refractivity contribution >= 4 is 33.4 Å². The number of benzene rings is 1. The Bertz CT molecular complexity index is 1080. The molecule has 1 aromatic heterocycles. The number of hydrogen-bond acceptors (Lipinski definition) is 7. The summed E-state index contributed by atoms with van der Waals surface area (Å²) in [5.41, 5.74) is 1.09. The molecule has 2 aromatic rings. The first-order valence-corrected chi connectivity index (χ1v) is 12.7. The fourth-order valence-electron chi connectivity index (χ4n) is 3.52. The predicted molar refractivity (Wildman–Crippen MR) is 118 cm³/mol. The van der Waals surface area contributed by atoms with Crippen LogP contribution < -0.4 is 5.32 Å². The summed E-state index contributed by atoms with van der Waals surface area (Å²) >= 11 is 1.36. The fraction of sp³-hybridized carbons (Fsp3) is 0.550. The van der Waals surface area contributed by atoms with Gasteiger partial charge in [-0.3, -0.25) is 4.79 Å². The lowest BCUT2D eigenvalue weighted by atomic mass is 10.2. The molecule has 2 heterocycles. The molecule has 0 spiro atoms. The molecule has 0 radical (unpaired) electrons. The number of aromatic nitrogens is 3. The zero-order valence-electron chi connectivity index (χ0n) is 17.9.